The van der Waals surface area contributed by atoms with Crippen LogP contribution in [0.3, 0.4) is 0 Å². The summed E-state index contributed by atoms with van der Waals surface area (Å²) in [5, 5.41) is 0. The fourth-order valence-corrected chi connectivity index (χ4v) is 2.69. The number of aromatic nitrogens is 3. The highest BCUT2D eigenvalue weighted by molar-refractivity contribution is 5.77. The van der Waals surface area contributed by atoms with Gasteiger partial charge in [-0.05, 0) is 18.9 Å². The van der Waals surface area contributed by atoms with Crippen LogP contribution in [0.1, 0.15) is 38.1 Å². The van der Waals surface area contributed by atoms with Crippen LogP contribution in [0.15, 0.2) is 18.5 Å². The Bertz CT molecular complexity index is 497. The molecule has 1 saturated carbocycles. The molecule has 0 saturated heterocycles. The number of hydrogen-bond donors (Lipinski definition) is 1. The first kappa shape index (κ1) is 9.63. The van der Waals surface area contributed by atoms with E-state index in [-0.39, 0.29) is 0 Å². The van der Waals surface area contributed by atoms with Crippen molar-refractivity contribution in [2.75, 3.05) is 5.73 Å². The van der Waals surface area contributed by atoms with Crippen molar-refractivity contribution in [2.24, 2.45) is 0 Å². The number of nitrogens with zero attached hydrogens (tertiary/aromatic N) is 3. The number of nitrogens with two attached hydrogens (primary N) is 1. The summed E-state index contributed by atoms with van der Waals surface area (Å²) in [7, 11) is 0. The standard InChI is InChI=1S/C12H16N4/c13-12-15-10-8-14-7-6-11(10)16(12)9-4-2-1-3-5-9/h6-9H,1-5H2,(H2,13,15). The van der Waals surface area contributed by atoms with Gasteiger partial charge in [-0.25, -0.2) is 4.98 Å². The Balaban J connectivity index is 2.10. The van der Waals surface area contributed by atoms with Gasteiger partial charge in [0, 0.05) is 12.2 Å². The van der Waals surface area contributed by atoms with Gasteiger partial charge < -0.3 is 10.3 Å². The van der Waals surface area contributed by atoms with Crippen LogP contribution in [0.4, 0.5) is 5.95 Å². The van der Waals surface area contributed by atoms with E-state index in [4.69, 9.17) is 5.73 Å². The number of imidazole rings is 1. The first-order valence-corrected chi connectivity index (χ1v) is 5.93. The molecule has 0 spiro atoms. The highest BCUT2D eigenvalue weighted by atomic mass is 15.2. The van der Waals surface area contributed by atoms with E-state index in [0.717, 1.165) is 11.0 Å². The Morgan fingerprint density at radius 3 is 2.88 bits per heavy atom. The Morgan fingerprint density at radius 1 is 1.25 bits per heavy atom. The molecule has 4 heteroatoms. The number of rotatable bonds is 1. The number of nitrogen functional groups attached to an aromatic ring is 1. The molecule has 0 radical (unpaired) electrons. The lowest BCUT2D eigenvalue weighted by atomic mass is 9.95. The molecule has 0 aliphatic heterocycles. The summed E-state index contributed by atoms with van der Waals surface area (Å²) in [5.41, 5.74) is 8.04. The maximum Gasteiger partial charge on any atom is 0.201 e. The first-order chi connectivity index (χ1) is 7.86. The first-order valence-electron chi connectivity index (χ1n) is 5.93. The van der Waals surface area contributed by atoms with Crippen LogP contribution >= 0.6 is 0 Å². The van der Waals surface area contributed by atoms with Gasteiger partial charge in [-0.15, -0.1) is 0 Å². The van der Waals surface area contributed by atoms with Gasteiger partial charge >= 0.3 is 0 Å². The van der Waals surface area contributed by atoms with E-state index in [9.17, 15) is 0 Å². The Kier molecular flexibility index (Phi) is 2.27. The Labute approximate surface area is 94.5 Å². The Morgan fingerprint density at radius 2 is 2.06 bits per heavy atom. The van der Waals surface area contributed by atoms with Gasteiger partial charge in [-0.2, -0.15) is 0 Å². The number of pyridine rings is 1. The minimum Gasteiger partial charge on any atom is -0.369 e. The second kappa shape index (κ2) is 3.77. The van der Waals surface area contributed by atoms with Crippen molar-refractivity contribution >= 4 is 17.0 Å². The van der Waals surface area contributed by atoms with E-state index in [2.05, 4.69) is 14.5 Å². The fourth-order valence-electron chi connectivity index (χ4n) is 2.69. The molecule has 0 amide bonds. The SMILES string of the molecule is Nc1nc2cnccc2n1C1CCCCC1. The maximum absolute atomic E-state index is 6.01. The number of fused-ring (bicyclic) bond motifs is 1. The van der Waals surface area contributed by atoms with E-state index < -0.39 is 0 Å². The summed E-state index contributed by atoms with van der Waals surface area (Å²) in [6.07, 6.45) is 9.98. The van der Waals surface area contributed by atoms with E-state index in [1.807, 2.05) is 12.3 Å². The Hall–Kier alpha value is -1.58. The molecule has 2 N–H and O–H groups in total. The fraction of sp³-hybridized carbons (Fsp3) is 0.500. The molecule has 0 aromatic carbocycles. The van der Waals surface area contributed by atoms with Gasteiger partial charge in [-0.3, -0.25) is 4.98 Å². The zero-order valence-corrected chi connectivity index (χ0v) is 9.26. The molecule has 1 fully saturated rings. The van der Waals surface area contributed by atoms with Crippen LogP contribution in [0, 0.1) is 0 Å². The van der Waals surface area contributed by atoms with E-state index in [0.29, 0.717) is 12.0 Å². The largest absolute Gasteiger partial charge is 0.369 e. The van der Waals surface area contributed by atoms with Crippen molar-refractivity contribution in [1.29, 1.82) is 0 Å². The molecule has 16 heavy (non-hydrogen) atoms. The molecule has 2 aromatic rings. The molecular formula is C12H16N4. The molecule has 84 valence electrons. The highest BCUT2D eigenvalue weighted by Gasteiger charge is 2.19. The van der Waals surface area contributed by atoms with Crippen molar-refractivity contribution in [1.82, 2.24) is 14.5 Å². The van der Waals surface area contributed by atoms with Gasteiger partial charge in [0.2, 0.25) is 5.95 Å². The molecule has 2 heterocycles. The predicted octanol–water partition coefficient (Wildman–Crippen LogP) is 2.52. The lowest BCUT2D eigenvalue weighted by molar-refractivity contribution is 0.363. The number of hydrogen-bond acceptors (Lipinski definition) is 3. The highest BCUT2D eigenvalue weighted by Crippen LogP contribution is 2.32. The lowest BCUT2D eigenvalue weighted by Gasteiger charge is -2.24. The van der Waals surface area contributed by atoms with Crippen molar-refractivity contribution in [3.8, 4) is 0 Å². The molecule has 0 atom stereocenters. The van der Waals surface area contributed by atoms with Crippen LogP contribution in [0.25, 0.3) is 11.0 Å². The maximum atomic E-state index is 6.01. The topological polar surface area (TPSA) is 56.7 Å². The van der Waals surface area contributed by atoms with Crippen LogP contribution in [-0.4, -0.2) is 14.5 Å². The van der Waals surface area contributed by atoms with Crippen molar-refractivity contribution < 1.29 is 0 Å². The summed E-state index contributed by atoms with van der Waals surface area (Å²) < 4.78 is 2.19. The lowest BCUT2D eigenvalue weighted by Crippen LogP contribution is -2.14. The molecule has 0 bridgehead atoms. The quantitative estimate of drug-likeness (QED) is 0.796. The van der Waals surface area contributed by atoms with Crippen LogP contribution in [-0.2, 0) is 0 Å². The zero-order chi connectivity index (χ0) is 11.0. The molecular weight excluding hydrogens is 200 g/mol. The van der Waals surface area contributed by atoms with Gasteiger partial charge in [0.05, 0.1) is 11.7 Å². The number of anilines is 1. The minimum absolute atomic E-state index is 0.529. The summed E-state index contributed by atoms with van der Waals surface area (Å²) in [4.78, 5) is 8.45. The van der Waals surface area contributed by atoms with Gasteiger partial charge in [-0.1, -0.05) is 19.3 Å². The van der Waals surface area contributed by atoms with Crippen molar-refractivity contribution in [2.45, 2.75) is 38.1 Å². The van der Waals surface area contributed by atoms with Crippen LogP contribution in [0.2, 0.25) is 0 Å². The molecule has 1 aliphatic rings. The third-order valence-electron chi connectivity index (χ3n) is 3.46. The van der Waals surface area contributed by atoms with E-state index in [1.165, 1.54) is 32.1 Å². The van der Waals surface area contributed by atoms with E-state index in [1.54, 1.807) is 6.20 Å². The van der Waals surface area contributed by atoms with Gasteiger partial charge in [0.1, 0.15) is 5.52 Å². The molecule has 1 aliphatic carbocycles. The summed E-state index contributed by atoms with van der Waals surface area (Å²) in [5.74, 6) is 0.634. The summed E-state index contributed by atoms with van der Waals surface area (Å²) >= 11 is 0. The molecule has 4 nitrogen and oxygen atoms in total. The van der Waals surface area contributed by atoms with Crippen LogP contribution in [0.5, 0.6) is 0 Å². The molecule has 2 aromatic heterocycles. The summed E-state index contributed by atoms with van der Waals surface area (Å²) in [6, 6.07) is 2.54. The second-order valence-electron chi connectivity index (χ2n) is 4.50. The average molecular weight is 216 g/mol. The third kappa shape index (κ3) is 1.45. The smallest absolute Gasteiger partial charge is 0.201 e. The zero-order valence-electron chi connectivity index (χ0n) is 9.26. The average Bonchev–Trinajstić information content (AvgIpc) is 2.66. The summed E-state index contributed by atoms with van der Waals surface area (Å²) in [6.45, 7) is 0. The minimum atomic E-state index is 0.529. The molecule has 0 unspecified atom stereocenters. The monoisotopic (exact) mass is 216 g/mol. The van der Waals surface area contributed by atoms with Crippen molar-refractivity contribution in [3.63, 3.8) is 0 Å². The van der Waals surface area contributed by atoms with Crippen molar-refractivity contribution in [3.05, 3.63) is 18.5 Å². The van der Waals surface area contributed by atoms with Gasteiger partial charge in [0.25, 0.3) is 0 Å². The predicted molar refractivity (Wildman–Crippen MR) is 64.1 cm³/mol. The molecule has 3 rings (SSSR count). The normalized spacial score (nSPS) is 18.0. The second-order valence-corrected chi connectivity index (χ2v) is 4.50. The third-order valence-corrected chi connectivity index (χ3v) is 3.46. The van der Waals surface area contributed by atoms with Crippen LogP contribution < -0.4 is 5.73 Å². The van der Waals surface area contributed by atoms with E-state index >= 15 is 0 Å². The van der Waals surface area contributed by atoms with Gasteiger partial charge in [0.15, 0.2) is 0 Å².